The normalized spacial score (nSPS) is 19.1. The van der Waals surface area contributed by atoms with Crippen LogP contribution in [0.1, 0.15) is 96.6 Å². The molecule has 2 aromatic rings. The summed E-state index contributed by atoms with van der Waals surface area (Å²) in [5.74, 6) is 6.67. The number of aromatic nitrogens is 1. The number of rotatable bonds is 11. The second-order valence-corrected chi connectivity index (χ2v) is 13.0. The van der Waals surface area contributed by atoms with Gasteiger partial charge in [-0.3, -0.25) is 14.5 Å². The zero-order chi connectivity index (χ0) is 32.3. The van der Waals surface area contributed by atoms with E-state index in [1.165, 1.54) is 25.7 Å². The Kier molecular flexibility index (Phi) is 13.1. The molecule has 0 spiro atoms. The smallest absolute Gasteiger partial charge is 0.253 e. The Balaban J connectivity index is 1.59. The Morgan fingerprint density at radius 2 is 1.73 bits per heavy atom. The molecule has 0 unspecified atom stereocenters. The Hall–Kier alpha value is -3.12. The van der Waals surface area contributed by atoms with Gasteiger partial charge in [-0.15, -0.1) is 0 Å². The van der Waals surface area contributed by atoms with Crippen LogP contribution in [0.3, 0.4) is 0 Å². The van der Waals surface area contributed by atoms with E-state index in [9.17, 15) is 9.59 Å². The van der Waals surface area contributed by atoms with E-state index in [-0.39, 0.29) is 18.0 Å². The van der Waals surface area contributed by atoms with Gasteiger partial charge in [0.15, 0.2) is 0 Å². The molecule has 1 amide bonds. The van der Waals surface area contributed by atoms with Gasteiger partial charge in [-0.2, -0.15) is 0 Å². The summed E-state index contributed by atoms with van der Waals surface area (Å²) in [6.07, 6.45) is 9.58. The molecule has 0 radical (unpaired) electrons. The fourth-order valence-electron chi connectivity index (χ4n) is 7.07. The maximum Gasteiger partial charge on any atom is 0.253 e. The number of pyridine rings is 1. The molecule has 1 saturated carbocycles. The van der Waals surface area contributed by atoms with Crippen molar-refractivity contribution in [3.05, 3.63) is 62.1 Å². The van der Waals surface area contributed by atoms with Crippen LogP contribution in [0, 0.1) is 32.6 Å². The SMILES string of the molecule is CCN(c1cc(C#CCN2CCCCCC2)cc(C(=O)NCc2c(C)cc(C)[nH]c2=O)c1C)C1CCC(N(C)CCOC)CC1. The van der Waals surface area contributed by atoms with Gasteiger partial charge in [0.2, 0.25) is 0 Å². The summed E-state index contributed by atoms with van der Waals surface area (Å²) in [5, 5.41) is 3.05. The van der Waals surface area contributed by atoms with Crippen LogP contribution in [-0.4, -0.2) is 86.3 Å². The van der Waals surface area contributed by atoms with Gasteiger partial charge in [-0.1, -0.05) is 24.7 Å². The summed E-state index contributed by atoms with van der Waals surface area (Å²) in [6.45, 7) is 13.7. The molecule has 45 heavy (non-hydrogen) atoms. The summed E-state index contributed by atoms with van der Waals surface area (Å²) in [4.78, 5) is 36.6. The second-order valence-electron chi connectivity index (χ2n) is 13.0. The first-order valence-corrected chi connectivity index (χ1v) is 17.0. The largest absolute Gasteiger partial charge is 0.383 e. The lowest BCUT2D eigenvalue weighted by Gasteiger charge is -2.41. The number of H-pyrrole nitrogens is 1. The number of hydrogen-bond acceptors (Lipinski definition) is 6. The lowest BCUT2D eigenvalue weighted by atomic mass is 9.88. The zero-order valence-electron chi connectivity index (χ0n) is 28.6. The van der Waals surface area contributed by atoms with E-state index in [4.69, 9.17) is 4.74 Å². The number of likely N-dealkylation sites (tertiary alicyclic amines) is 1. The average Bonchev–Trinajstić information content (AvgIpc) is 3.30. The van der Waals surface area contributed by atoms with Crippen molar-refractivity contribution in [3.63, 3.8) is 0 Å². The van der Waals surface area contributed by atoms with Gasteiger partial charge < -0.3 is 24.8 Å². The van der Waals surface area contributed by atoms with Crippen LogP contribution in [-0.2, 0) is 11.3 Å². The number of nitrogens with one attached hydrogen (secondary N) is 2. The molecule has 4 rings (SSSR count). The van der Waals surface area contributed by atoms with Crippen molar-refractivity contribution in [2.45, 2.75) is 97.7 Å². The summed E-state index contributed by atoms with van der Waals surface area (Å²) >= 11 is 0. The molecule has 1 aromatic heterocycles. The zero-order valence-corrected chi connectivity index (χ0v) is 28.6. The molecule has 1 aliphatic carbocycles. The number of carbonyl (C=O) groups is 1. The fraction of sp³-hybridized carbons (Fsp3) is 0.622. The summed E-state index contributed by atoms with van der Waals surface area (Å²) in [5.41, 5.74) is 5.66. The van der Waals surface area contributed by atoms with Crippen LogP contribution in [0.25, 0.3) is 0 Å². The van der Waals surface area contributed by atoms with E-state index < -0.39 is 0 Å². The minimum absolute atomic E-state index is 0.154. The van der Waals surface area contributed by atoms with E-state index in [1.807, 2.05) is 26.0 Å². The minimum atomic E-state index is -0.177. The molecule has 1 saturated heterocycles. The number of ether oxygens (including phenoxy) is 1. The molecule has 2 aliphatic rings. The molecule has 1 aliphatic heterocycles. The molecular formula is C37H55N5O3. The van der Waals surface area contributed by atoms with Gasteiger partial charge in [0.25, 0.3) is 11.5 Å². The van der Waals surface area contributed by atoms with Crippen LogP contribution in [0.15, 0.2) is 23.0 Å². The fourth-order valence-corrected chi connectivity index (χ4v) is 7.07. The number of aromatic amines is 1. The first-order valence-electron chi connectivity index (χ1n) is 17.0. The van der Waals surface area contributed by atoms with Gasteiger partial charge in [0.05, 0.1) is 13.2 Å². The number of aryl methyl sites for hydroxylation is 2. The molecule has 2 heterocycles. The highest BCUT2D eigenvalue weighted by Crippen LogP contribution is 2.33. The molecule has 8 nitrogen and oxygen atoms in total. The number of likely N-dealkylation sites (N-methyl/N-ethyl adjacent to an activating group) is 1. The Morgan fingerprint density at radius 1 is 1.04 bits per heavy atom. The monoisotopic (exact) mass is 617 g/mol. The number of hydrogen-bond donors (Lipinski definition) is 2. The Labute approximate surface area is 270 Å². The molecule has 246 valence electrons. The van der Waals surface area contributed by atoms with E-state index in [0.29, 0.717) is 23.2 Å². The van der Waals surface area contributed by atoms with Crippen molar-refractivity contribution >= 4 is 11.6 Å². The van der Waals surface area contributed by atoms with Crippen molar-refractivity contribution in [2.75, 3.05) is 58.4 Å². The number of anilines is 1. The quantitative estimate of drug-likeness (QED) is 0.339. The van der Waals surface area contributed by atoms with E-state index in [0.717, 1.165) is 93.1 Å². The number of nitrogens with zero attached hydrogens (tertiary/aromatic N) is 3. The predicted molar refractivity (Wildman–Crippen MR) is 184 cm³/mol. The van der Waals surface area contributed by atoms with Crippen LogP contribution in [0.4, 0.5) is 5.69 Å². The maximum atomic E-state index is 13.8. The van der Waals surface area contributed by atoms with Crippen molar-refractivity contribution in [1.29, 1.82) is 0 Å². The maximum absolute atomic E-state index is 13.8. The Bertz CT molecular complexity index is 1390. The third-order valence-electron chi connectivity index (χ3n) is 9.81. The van der Waals surface area contributed by atoms with Crippen LogP contribution < -0.4 is 15.8 Å². The Morgan fingerprint density at radius 3 is 2.38 bits per heavy atom. The van der Waals surface area contributed by atoms with Crippen LogP contribution in [0.5, 0.6) is 0 Å². The van der Waals surface area contributed by atoms with E-state index in [1.54, 1.807) is 7.11 Å². The van der Waals surface area contributed by atoms with E-state index in [2.05, 4.69) is 63.8 Å². The molecule has 2 N–H and O–H groups in total. The summed E-state index contributed by atoms with van der Waals surface area (Å²) in [7, 11) is 3.97. The number of amides is 1. The van der Waals surface area contributed by atoms with E-state index >= 15 is 0 Å². The van der Waals surface area contributed by atoms with Crippen molar-refractivity contribution < 1.29 is 9.53 Å². The molecular weight excluding hydrogens is 562 g/mol. The predicted octanol–water partition coefficient (Wildman–Crippen LogP) is 5.17. The lowest BCUT2D eigenvalue weighted by Crippen LogP contribution is -2.44. The number of methoxy groups -OCH3 is 1. The minimum Gasteiger partial charge on any atom is -0.383 e. The van der Waals surface area contributed by atoms with Gasteiger partial charge >= 0.3 is 0 Å². The average molecular weight is 618 g/mol. The molecule has 1 aromatic carbocycles. The molecule has 0 atom stereocenters. The highest BCUT2D eigenvalue weighted by atomic mass is 16.5. The highest BCUT2D eigenvalue weighted by Gasteiger charge is 2.29. The second kappa shape index (κ2) is 17.0. The third-order valence-corrected chi connectivity index (χ3v) is 9.81. The molecule has 0 bridgehead atoms. The molecule has 2 fully saturated rings. The summed E-state index contributed by atoms with van der Waals surface area (Å²) < 4.78 is 5.31. The third kappa shape index (κ3) is 9.45. The standard InChI is InChI=1S/C37H55N5O3/c1-7-42(32-16-14-31(15-17-32)40(5)21-22-45-6)35-25-30(13-12-20-41-18-10-8-9-11-19-41)24-33(29(35)4)36(43)38-26-34-27(2)23-28(3)39-37(34)44/h23-25,31-32H,7-11,14-22,26H2,1-6H3,(H,38,43)(H,39,44). The lowest BCUT2D eigenvalue weighted by molar-refractivity contribution is 0.0950. The highest BCUT2D eigenvalue weighted by molar-refractivity contribution is 5.97. The van der Waals surface area contributed by atoms with Gasteiger partial charge in [-0.25, -0.2) is 0 Å². The van der Waals surface area contributed by atoms with Crippen molar-refractivity contribution in [1.82, 2.24) is 20.1 Å². The van der Waals surface area contributed by atoms with Crippen molar-refractivity contribution in [2.24, 2.45) is 0 Å². The molecule has 8 heteroatoms. The first kappa shape index (κ1) is 34.7. The van der Waals surface area contributed by atoms with Crippen LogP contribution >= 0.6 is 0 Å². The van der Waals surface area contributed by atoms with Crippen molar-refractivity contribution in [3.8, 4) is 11.8 Å². The topological polar surface area (TPSA) is 80.9 Å². The van der Waals surface area contributed by atoms with Gasteiger partial charge in [0, 0.05) is 66.9 Å². The summed E-state index contributed by atoms with van der Waals surface area (Å²) in [6, 6.07) is 7.05. The number of benzene rings is 1. The first-order chi connectivity index (χ1) is 21.7. The van der Waals surface area contributed by atoms with Crippen LogP contribution in [0.2, 0.25) is 0 Å². The van der Waals surface area contributed by atoms with Gasteiger partial charge in [-0.05, 0) is 116 Å². The number of carbonyl (C=O) groups excluding carboxylic acids is 1. The van der Waals surface area contributed by atoms with Gasteiger partial charge in [0.1, 0.15) is 0 Å².